The van der Waals surface area contributed by atoms with Gasteiger partial charge < -0.3 is 4.90 Å². The minimum Gasteiger partial charge on any atom is -0.306 e. The van der Waals surface area contributed by atoms with E-state index >= 15 is 0 Å². The van der Waals surface area contributed by atoms with Gasteiger partial charge in [-0.3, -0.25) is 14.9 Å². The van der Waals surface area contributed by atoms with E-state index in [1.54, 1.807) is 0 Å². The molecule has 2 aromatic rings. The first-order valence-electron chi connectivity index (χ1n) is 6.97. The lowest BCUT2D eigenvalue weighted by Crippen LogP contribution is -2.30. The smallest absolute Gasteiger partial charge is 0.294 e. The topological polar surface area (TPSA) is 63.5 Å². The van der Waals surface area contributed by atoms with Gasteiger partial charge >= 0.3 is 0 Å². The third kappa shape index (κ3) is 3.30. The minimum atomic E-state index is -0.436. The molecule has 2 aromatic carbocycles. The Labute approximate surface area is 149 Å². The normalized spacial score (nSPS) is 13.0. The number of nitro groups is 1. The summed E-state index contributed by atoms with van der Waals surface area (Å²) in [6, 6.07) is 10.8. The summed E-state index contributed by atoms with van der Waals surface area (Å²) >= 11 is 6.67. The van der Waals surface area contributed by atoms with Gasteiger partial charge in [-0.2, -0.15) is 0 Å². The van der Waals surface area contributed by atoms with Gasteiger partial charge in [0.2, 0.25) is 5.91 Å². The molecule has 1 aliphatic rings. The van der Waals surface area contributed by atoms with Gasteiger partial charge in [0.25, 0.3) is 5.69 Å². The van der Waals surface area contributed by atoms with E-state index in [-0.39, 0.29) is 18.0 Å². The zero-order valence-electron chi connectivity index (χ0n) is 12.0. The van der Waals surface area contributed by atoms with Crippen molar-refractivity contribution in [3.8, 4) is 0 Å². The molecule has 1 aliphatic heterocycles. The lowest BCUT2D eigenvalue weighted by atomic mass is 10.1. The van der Waals surface area contributed by atoms with Crippen molar-refractivity contribution >= 4 is 49.1 Å². The van der Waals surface area contributed by atoms with E-state index in [0.717, 1.165) is 15.6 Å². The van der Waals surface area contributed by atoms with Crippen molar-refractivity contribution in [2.45, 2.75) is 12.8 Å². The Morgan fingerprint density at radius 3 is 2.70 bits per heavy atom. The minimum absolute atomic E-state index is 0.0329. The van der Waals surface area contributed by atoms with Crippen LogP contribution in [0.25, 0.3) is 0 Å². The van der Waals surface area contributed by atoms with Crippen LogP contribution in [0.3, 0.4) is 0 Å². The van der Waals surface area contributed by atoms with Crippen LogP contribution in [-0.2, 0) is 17.6 Å². The van der Waals surface area contributed by atoms with Gasteiger partial charge in [-0.15, -0.1) is 0 Å². The summed E-state index contributed by atoms with van der Waals surface area (Å²) in [6.07, 6.45) is 0.839. The van der Waals surface area contributed by atoms with E-state index in [9.17, 15) is 14.9 Å². The number of nitrogens with zero attached hydrogens (tertiary/aromatic N) is 2. The largest absolute Gasteiger partial charge is 0.306 e. The maximum atomic E-state index is 12.6. The molecule has 0 aliphatic carbocycles. The average molecular weight is 440 g/mol. The van der Waals surface area contributed by atoms with E-state index in [0.29, 0.717) is 23.1 Å². The Morgan fingerprint density at radius 2 is 2.00 bits per heavy atom. The molecule has 0 spiro atoms. The van der Waals surface area contributed by atoms with Crippen molar-refractivity contribution in [1.82, 2.24) is 0 Å². The molecule has 0 atom stereocenters. The third-order valence-electron chi connectivity index (χ3n) is 3.75. The Morgan fingerprint density at radius 1 is 1.22 bits per heavy atom. The SMILES string of the molecule is O=C(Cc1cccc(Br)c1)N1CCc2cc(Br)cc([N+](=O)[O-])c21. The highest BCUT2D eigenvalue weighted by molar-refractivity contribution is 9.10. The molecule has 0 saturated heterocycles. The summed E-state index contributed by atoms with van der Waals surface area (Å²) in [7, 11) is 0. The highest BCUT2D eigenvalue weighted by atomic mass is 79.9. The van der Waals surface area contributed by atoms with E-state index in [2.05, 4.69) is 31.9 Å². The van der Waals surface area contributed by atoms with Crippen molar-refractivity contribution in [2.24, 2.45) is 0 Å². The standard InChI is InChI=1S/C16H12Br2N2O3/c17-12-3-1-2-10(6-12)7-15(21)19-5-4-11-8-13(18)9-14(16(11)19)20(22)23/h1-3,6,8-9H,4-5,7H2. The summed E-state index contributed by atoms with van der Waals surface area (Å²) in [4.78, 5) is 25.0. The maximum absolute atomic E-state index is 12.6. The molecule has 0 unspecified atom stereocenters. The second-order valence-corrected chi connectivity index (χ2v) is 7.12. The van der Waals surface area contributed by atoms with Gasteiger partial charge in [0.05, 0.1) is 11.3 Å². The zero-order valence-corrected chi connectivity index (χ0v) is 15.1. The van der Waals surface area contributed by atoms with Crippen LogP contribution >= 0.6 is 31.9 Å². The average Bonchev–Trinajstić information content (AvgIpc) is 2.89. The van der Waals surface area contributed by atoms with Gasteiger partial charge in [-0.05, 0) is 35.7 Å². The first kappa shape index (κ1) is 16.1. The lowest BCUT2D eigenvalue weighted by molar-refractivity contribution is -0.384. The molecule has 5 nitrogen and oxygen atoms in total. The Hall–Kier alpha value is -1.73. The summed E-state index contributed by atoms with van der Waals surface area (Å²) in [6.45, 7) is 0.472. The number of carbonyl (C=O) groups is 1. The second kappa shape index (κ2) is 6.41. The fourth-order valence-corrected chi connectivity index (χ4v) is 3.73. The molecule has 3 rings (SSSR count). The van der Waals surface area contributed by atoms with Crippen molar-refractivity contribution in [3.63, 3.8) is 0 Å². The van der Waals surface area contributed by atoms with Crippen molar-refractivity contribution in [1.29, 1.82) is 0 Å². The number of carbonyl (C=O) groups excluding carboxylic acids is 1. The second-order valence-electron chi connectivity index (χ2n) is 5.29. The molecule has 0 fully saturated rings. The Balaban J connectivity index is 1.93. The van der Waals surface area contributed by atoms with Crippen molar-refractivity contribution < 1.29 is 9.72 Å². The van der Waals surface area contributed by atoms with Crippen LogP contribution in [0.2, 0.25) is 0 Å². The summed E-state index contributed by atoms with van der Waals surface area (Å²) in [5.41, 5.74) is 2.10. The highest BCUT2D eigenvalue weighted by Gasteiger charge is 2.32. The van der Waals surface area contributed by atoms with Crippen LogP contribution in [0, 0.1) is 10.1 Å². The van der Waals surface area contributed by atoms with Crippen LogP contribution in [0.15, 0.2) is 45.3 Å². The van der Waals surface area contributed by atoms with Crippen LogP contribution < -0.4 is 4.90 Å². The molecule has 7 heteroatoms. The predicted molar refractivity (Wildman–Crippen MR) is 94.7 cm³/mol. The Kier molecular flexibility index (Phi) is 4.50. The summed E-state index contributed by atoms with van der Waals surface area (Å²) in [5.74, 6) is -0.132. The molecule has 0 bridgehead atoms. The van der Waals surface area contributed by atoms with Crippen LogP contribution in [0.4, 0.5) is 11.4 Å². The van der Waals surface area contributed by atoms with E-state index < -0.39 is 4.92 Å². The lowest BCUT2D eigenvalue weighted by Gasteiger charge is -2.17. The number of hydrogen-bond donors (Lipinski definition) is 0. The third-order valence-corrected chi connectivity index (χ3v) is 4.70. The molecule has 1 heterocycles. The fourth-order valence-electron chi connectivity index (χ4n) is 2.79. The highest BCUT2D eigenvalue weighted by Crippen LogP contribution is 2.39. The number of amides is 1. The van der Waals surface area contributed by atoms with Crippen LogP contribution in [0.1, 0.15) is 11.1 Å². The zero-order chi connectivity index (χ0) is 16.6. The van der Waals surface area contributed by atoms with E-state index in [1.165, 1.54) is 11.0 Å². The number of fused-ring (bicyclic) bond motifs is 1. The molecule has 1 amide bonds. The number of hydrogen-bond acceptors (Lipinski definition) is 3. The number of rotatable bonds is 3. The van der Waals surface area contributed by atoms with Gasteiger partial charge in [0.15, 0.2) is 0 Å². The number of benzene rings is 2. The maximum Gasteiger partial charge on any atom is 0.294 e. The molecule has 0 aromatic heterocycles. The van der Waals surface area contributed by atoms with Gasteiger partial charge in [-0.25, -0.2) is 0 Å². The van der Waals surface area contributed by atoms with Crippen molar-refractivity contribution in [3.05, 3.63) is 66.6 Å². The molecule has 0 saturated carbocycles. The van der Waals surface area contributed by atoms with Gasteiger partial charge in [0.1, 0.15) is 5.69 Å². The number of nitro benzene ring substituents is 1. The van der Waals surface area contributed by atoms with Gasteiger partial charge in [-0.1, -0.05) is 44.0 Å². The summed E-state index contributed by atoms with van der Waals surface area (Å²) < 4.78 is 1.56. The van der Waals surface area contributed by atoms with Crippen LogP contribution in [-0.4, -0.2) is 17.4 Å². The molecule has 118 valence electrons. The van der Waals surface area contributed by atoms with E-state index in [4.69, 9.17) is 0 Å². The molecule has 23 heavy (non-hydrogen) atoms. The van der Waals surface area contributed by atoms with Crippen LogP contribution in [0.5, 0.6) is 0 Å². The predicted octanol–water partition coefficient (Wildman–Crippen LogP) is 4.25. The first-order valence-corrected chi connectivity index (χ1v) is 8.56. The van der Waals surface area contributed by atoms with Crippen molar-refractivity contribution in [2.75, 3.05) is 11.4 Å². The molecule has 0 N–H and O–H groups in total. The first-order chi connectivity index (χ1) is 11.0. The van der Waals surface area contributed by atoms with Gasteiger partial charge in [0, 0.05) is 21.6 Å². The number of halogens is 2. The molecular weight excluding hydrogens is 428 g/mol. The number of anilines is 1. The monoisotopic (exact) mass is 438 g/mol. The fraction of sp³-hybridized carbons (Fsp3) is 0.188. The molecule has 0 radical (unpaired) electrons. The Bertz CT molecular complexity index is 808. The summed E-state index contributed by atoms with van der Waals surface area (Å²) in [5, 5.41) is 11.3. The quantitative estimate of drug-likeness (QED) is 0.530. The molecular formula is C16H12Br2N2O3. The van der Waals surface area contributed by atoms with E-state index in [1.807, 2.05) is 30.3 Å².